The topological polar surface area (TPSA) is 72.7 Å². The molecule has 6 nitrogen and oxygen atoms in total. The van der Waals surface area contributed by atoms with E-state index in [1.54, 1.807) is 54.3 Å². The molecule has 1 amide bonds. The van der Waals surface area contributed by atoms with Gasteiger partial charge >= 0.3 is 6.18 Å². The summed E-state index contributed by atoms with van der Waals surface area (Å²) in [5.74, 6) is -1.46. The molecule has 0 radical (unpaired) electrons. The normalized spacial score (nSPS) is 12.7. The number of aromatic nitrogens is 4. The van der Waals surface area contributed by atoms with Crippen LogP contribution in [0.1, 0.15) is 34.5 Å². The highest BCUT2D eigenvalue weighted by molar-refractivity contribution is 6.04. The molecule has 0 saturated carbocycles. The number of nitrogens with one attached hydrogen (secondary N) is 1. The first-order valence-electron chi connectivity index (χ1n) is 9.87. The molecule has 0 aliphatic rings. The molecule has 0 aliphatic carbocycles. The highest BCUT2D eigenvalue weighted by Gasteiger charge is 2.39. The molecule has 0 bridgehead atoms. The van der Waals surface area contributed by atoms with E-state index in [-0.39, 0.29) is 11.6 Å². The molecule has 0 saturated heterocycles. The minimum Gasteiger partial charge on any atom is -0.307 e. The van der Waals surface area contributed by atoms with Crippen LogP contribution < -0.4 is 5.32 Å². The molecule has 164 valence electrons. The molecule has 2 aromatic carbocycles. The van der Waals surface area contributed by atoms with Crippen LogP contribution in [0.5, 0.6) is 0 Å². The molecule has 0 aliphatic heterocycles. The van der Waals surface area contributed by atoms with Crippen molar-refractivity contribution in [1.82, 2.24) is 20.0 Å². The summed E-state index contributed by atoms with van der Waals surface area (Å²) in [7, 11) is 1.72. The first kappa shape index (κ1) is 21.5. The van der Waals surface area contributed by atoms with E-state index < -0.39 is 12.1 Å². The maximum atomic E-state index is 13.2. The maximum Gasteiger partial charge on any atom is 0.397 e. The summed E-state index contributed by atoms with van der Waals surface area (Å²) in [5.41, 5.74) is 2.83. The summed E-state index contributed by atoms with van der Waals surface area (Å²) >= 11 is 0. The number of fused-ring (bicyclic) bond motifs is 1. The minimum atomic E-state index is -4.41. The van der Waals surface area contributed by atoms with Crippen LogP contribution in [0.15, 0.2) is 54.9 Å². The van der Waals surface area contributed by atoms with Gasteiger partial charge in [-0.15, -0.1) is 0 Å². The zero-order chi connectivity index (χ0) is 23.0. The predicted octanol–water partition coefficient (Wildman–Crippen LogP) is 5.26. The standard InChI is InChI=1S/C23H20F3N5O/c1-13-4-5-16(22(32)29-20-8-9-28-31(20)3)11-19(13)15-6-7-18-17(10-15)12-27-30-21(18)14(2)23(24,25)26/h4-12,14H,1-3H3,(H,29,32)/t14-/m0/s1. The Morgan fingerprint density at radius 1 is 1.12 bits per heavy atom. The van der Waals surface area contributed by atoms with E-state index in [1.165, 1.54) is 6.20 Å². The average molecular weight is 439 g/mol. The Balaban J connectivity index is 1.72. The van der Waals surface area contributed by atoms with E-state index in [9.17, 15) is 18.0 Å². The molecule has 1 atom stereocenters. The SMILES string of the molecule is Cc1ccc(C(=O)Nc2ccnn2C)cc1-c1ccc2c([C@H](C)C(F)(F)F)nncc2c1. The van der Waals surface area contributed by atoms with Crippen LogP contribution in [0.25, 0.3) is 21.9 Å². The second-order valence-corrected chi connectivity index (χ2v) is 7.62. The van der Waals surface area contributed by atoms with Gasteiger partial charge in [0.15, 0.2) is 0 Å². The van der Waals surface area contributed by atoms with Crippen LogP contribution in [0.3, 0.4) is 0 Å². The van der Waals surface area contributed by atoms with Crippen molar-refractivity contribution in [3.8, 4) is 11.1 Å². The smallest absolute Gasteiger partial charge is 0.307 e. The molecule has 2 heterocycles. The molecule has 4 rings (SSSR count). The molecule has 2 aromatic heterocycles. The van der Waals surface area contributed by atoms with Crippen LogP contribution in [0, 0.1) is 6.92 Å². The van der Waals surface area contributed by atoms with Gasteiger partial charge in [-0.25, -0.2) is 0 Å². The van der Waals surface area contributed by atoms with Crippen LogP contribution >= 0.6 is 0 Å². The number of nitrogens with zero attached hydrogens (tertiary/aromatic N) is 4. The fourth-order valence-corrected chi connectivity index (χ4v) is 3.51. The summed E-state index contributed by atoms with van der Waals surface area (Å²) in [6.45, 7) is 2.98. The molecule has 4 aromatic rings. The van der Waals surface area contributed by atoms with Gasteiger partial charge in [0, 0.05) is 29.4 Å². The van der Waals surface area contributed by atoms with Crippen LogP contribution in [-0.4, -0.2) is 32.1 Å². The Bertz CT molecular complexity index is 1310. The number of anilines is 1. The number of amides is 1. The van der Waals surface area contributed by atoms with Crippen LogP contribution in [0.4, 0.5) is 19.0 Å². The number of carbonyl (C=O) groups excluding carboxylic acids is 1. The third kappa shape index (κ3) is 4.05. The molecule has 9 heteroatoms. The summed E-state index contributed by atoms with van der Waals surface area (Å²) in [5, 5.41) is 15.3. The van der Waals surface area contributed by atoms with Crippen molar-refractivity contribution in [2.24, 2.45) is 7.05 Å². The summed E-state index contributed by atoms with van der Waals surface area (Å²) in [6, 6.07) is 12.1. The molecular weight excluding hydrogens is 419 g/mol. The third-order valence-corrected chi connectivity index (χ3v) is 5.46. The zero-order valence-electron chi connectivity index (χ0n) is 17.6. The van der Waals surface area contributed by atoms with Crippen molar-refractivity contribution in [3.63, 3.8) is 0 Å². The van der Waals surface area contributed by atoms with E-state index in [2.05, 4.69) is 20.6 Å². The summed E-state index contributed by atoms with van der Waals surface area (Å²) < 4.78 is 41.2. The van der Waals surface area contributed by atoms with Crippen molar-refractivity contribution in [1.29, 1.82) is 0 Å². The van der Waals surface area contributed by atoms with Gasteiger partial charge in [0.05, 0.1) is 24.0 Å². The summed E-state index contributed by atoms with van der Waals surface area (Å²) in [4.78, 5) is 12.7. The van der Waals surface area contributed by atoms with Gasteiger partial charge in [-0.2, -0.15) is 28.5 Å². The lowest BCUT2D eigenvalue weighted by atomic mass is 9.94. The Kier molecular flexibility index (Phi) is 5.41. The quantitative estimate of drug-likeness (QED) is 0.471. The first-order chi connectivity index (χ1) is 15.1. The van der Waals surface area contributed by atoms with E-state index >= 15 is 0 Å². The van der Waals surface area contributed by atoms with E-state index in [0.29, 0.717) is 22.2 Å². The van der Waals surface area contributed by atoms with Gasteiger partial charge in [0.1, 0.15) is 5.82 Å². The number of aryl methyl sites for hydroxylation is 2. The molecule has 0 spiro atoms. The van der Waals surface area contributed by atoms with Crippen molar-refractivity contribution < 1.29 is 18.0 Å². The fraction of sp³-hybridized carbons (Fsp3) is 0.217. The van der Waals surface area contributed by atoms with Crippen molar-refractivity contribution in [3.05, 3.63) is 71.7 Å². The average Bonchev–Trinajstić information content (AvgIpc) is 3.16. The van der Waals surface area contributed by atoms with Crippen molar-refractivity contribution >= 4 is 22.5 Å². The van der Waals surface area contributed by atoms with Crippen LogP contribution in [-0.2, 0) is 7.05 Å². The molecule has 0 unspecified atom stereocenters. The lowest BCUT2D eigenvalue weighted by Gasteiger charge is -2.16. The number of rotatable bonds is 4. The number of hydrogen-bond donors (Lipinski definition) is 1. The van der Waals surface area contributed by atoms with E-state index in [1.807, 2.05) is 13.0 Å². The molecular formula is C23H20F3N5O. The van der Waals surface area contributed by atoms with Gasteiger partial charge in [-0.05, 0) is 48.7 Å². The molecule has 1 N–H and O–H groups in total. The first-order valence-corrected chi connectivity index (χ1v) is 9.87. The Morgan fingerprint density at radius 3 is 2.59 bits per heavy atom. The summed E-state index contributed by atoms with van der Waals surface area (Å²) in [6.07, 6.45) is -1.38. The van der Waals surface area contributed by atoms with Crippen molar-refractivity contribution in [2.75, 3.05) is 5.32 Å². The van der Waals surface area contributed by atoms with E-state index in [0.717, 1.165) is 23.6 Å². The molecule has 32 heavy (non-hydrogen) atoms. The highest BCUT2D eigenvalue weighted by atomic mass is 19.4. The maximum absolute atomic E-state index is 13.2. The number of hydrogen-bond acceptors (Lipinski definition) is 4. The fourth-order valence-electron chi connectivity index (χ4n) is 3.51. The predicted molar refractivity (Wildman–Crippen MR) is 115 cm³/mol. The number of benzene rings is 2. The lowest BCUT2D eigenvalue weighted by Crippen LogP contribution is -2.19. The zero-order valence-corrected chi connectivity index (χ0v) is 17.6. The Labute approximate surface area is 182 Å². The monoisotopic (exact) mass is 439 g/mol. The van der Waals surface area contributed by atoms with Gasteiger partial charge in [-0.3, -0.25) is 9.48 Å². The third-order valence-electron chi connectivity index (χ3n) is 5.46. The van der Waals surface area contributed by atoms with Crippen molar-refractivity contribution in [2.45, 2.75) is 25.9 Å². The number of halogens is 3. The minimum absolute atomic E-state index is 0.109. The second kappa shape index (κ2) is 8.07. The largest absolute Gasteiger partial charge is 0.397 e. The van der Waals surface area contributed by atoms with Gasteiger partial charge < -0.3 is 5.32 Å². The highest BCUT2D eigenvalue weighted by Crippen LogP contribution is 2.37. The Morgan fingerprint density at radius 2 is 1.91 bits per heavy atom. The van der Waals surface area contributed by atoms with Gasteiger partial charge in [0.2, 0.25) is 0 Å². The second-order valence-electron chi connectivity index (χ2n) is 7.62. The Hall–Kier alpha value is -3.75. The van der Waals surface area contributed by atoms with E-state index in [4.69, 9.17) is 0 Å². The van der Waals surface area contributed by atoms with Crippen LogP contribution in [0.2, 0.25) is 0 Å². The van der Waals surface area contributed by atoms with Gasteiger partial charge in [-0.1, -0.05) is 18.2 Å². The number of alkyl halides is 3. The molecule has 0 fully saturated rings. The number of carbonyl (C=O) groups is 1. The lowest BCUT2D eigenvalue weighted by molar-refractivity contribution is -0.146. The van der Waals surface area contributed by atoms with Gasteiger partial charge in [0.25, 0.3) is 5.91 Å².